The summed E-state index contributed by atoms with van der Waals surface area (Å²) in [5, 5.41) is 0.678. The predicted molar refractivity (Wildman–Crippen MR) is 62.2 cm³/mol. The quantitative estimate of drug-likeness (QED) is 0.704. The number of aromatic amines is 1. The Morgan fingerprint density at radius 3 is 3.06 bits per heavy atom. The molecule has 16 heavy (non-hydrogen) atoms. The molecule has 0 unspecified atom stereocenters. The fraction of sp³-hybridized carbons (Fsp3) is 0.0909. The van der Waals surface area contributed by atoms with E-state index in [0.717, 1.165) is 22.7 Å². The molecule has 0 atom stereocenters. The SMILES string of the molecule is c1ccc2oc(SCc3ncc[nH]3)nc2c1. The summed E-state index contributed by atoms with van der Waals surface area (Å²) in [5.74, 6) is 1.66. The van der Waals surface area contributed by atoms with E-state index in [1.807, 2.05) is 30.5 Å². The molecule has 0 aliphatic heterocycles. The van der Waals surface area contributed by atoms with Crippen LogP contribution in [0.1, 0.15) is 5.82 Å². The van der Waals surface area contributed by atoms with E-state index in [9.17, 15) is 0 Å². The fourth-order valence-electron chi connectivity index (χ4n) is 1.42. The third-order valence-electron chi connectivity index (χ3n) is 2.16. The standard InChI is InChI=1S/C11H9N3OS/c1-2-4-9-8(3-1)14-11(15-9)16-7-10-12-5-6-13-10/h1-6H,7H2,(H,12,13). The van der Waals surface area contributed by atoms with Crippen molar-refractivity contribution < 1.29 is 4.42 Å². The summed E-state index contributed by atoms with van der Waals surface area (Å²) in [7, 11) is 0. The van der Waals surface area contributed by atoms with Gasteiger partial charge in [-0.3, -0.25) is 0 Å². The van der Waals surface area contributed by atoms with Gasteiger partial charge in [0, 0.05) is 12.4 Å². The number of fused-ring (bicyclic) bond motifs is 1. The van der Waals surface area contributed by atoms with Crippen LogP contribution in [0.3, 0.4) is 0 Å². The van der Waals surface area contributed by atoms with Gasteiger partial charge in [0.25, 0.3) is 5.22 Å². The molecule has 0 radical (unpaired) electrons. The van der Waals surface area contributed by atoms with E-state index in [-0.39, 0.29) is 0 Å². The molecule has 2 aromatic heterocycles. The van der Waals surface area contributed by atoms with Gasteiger partial charge in [0.15, 0.2) is 5.58 Å². The van der Waals surface area contributed by atoms with Crippen LogP contribution in [-0.2, 0) is 5.75 Å². The molecule has 0 fully saturated rings. The maximum absolute atomic E-state index is 5.58. The van der Waals surface area contributed by atoms with Crippen molar-refractivity contribution in [3.63, 3.8) is 0 Å². The Labute approximate surface area is 96.1 Å². The number of para-hydroxylation sites is 2. The first kappa shape index (κ1) is 9.47. The van der Waals surface area contributed by atoms with Crippen molar-refractivity contribution in [1.82, 2.24) is 15.0 Å². The zero-order chi connectivity index (χ0) is 10.8. The van der Waals surface area contributed by atoms with Crippen LogP contribution in [0.5, 0.6) is 0 Å². The van der Waals surface area contributed by atoms with Crippen molar-refractivity contribution in [3.05, 3.63) is 42.5 Å². The smallest absolute Gasteiger partial charge is 0.257 e. The molecule has 5 heteroatoms. The van der Waals surface area contributed by atoms with Crippen molar-refractivity contribution in [1.29, 1.82) is 0 Å². The van der Waals surface area contributed by atoms with Crippen LogP contribution < -0.4 is 0 Å². The van der Waals surface area contributed by atoms with Crippen molar-refractivity contribution in [3.8, 4) is 0 Å². The molecule has 0 aliphatic carbocycles. The normalized spacial score (nSPS) is 11.0. The van der Waals surface area contributed by atoms with E-state index in [4.69, 9.17) is 4.42 Å². The first-order valence-corrected chi connectivity index (χ1v) is 5.87. The Kier molecular flexibility index (Phi) is 2.38. The molecule has 2 heterocycles. The van der Waals surface area contributed by atoms with E-state index >= 15 is 0 Å². The summed E-state index contributed by atoms with van der Waals surface area (Å²) in [6.07, 6.45) is 3.55. The topological polar surface area (TPSA) is 54.7 Å². The average Bonchev–Trinajstić information content (AvgIpc) is 2.95. The number of oxazole rings is 1. The minimum Gasteiger partial charge on any atom is -0.431 e. The predicted octanol–water partition coefficient (Wildman–Crippen LogP) is 2.84. The monoisotopic (exact) mass is 231 g/mol. The number of imidazole rings is 1. The van der Waals surface area contributed by atoms with Gasteiger partial charge >= 0.3 is 0 Å². The Morgan fingerprint density at radius 1 is 1.31 bits per heavy atom. The van der Waals surface area contributed by atoms with Gasteiger partial charge in [0.1, 0.15) is 11.3 Å². The highest BCUT2D eigenvalue weighted by atomic mass is 32.2. The van der Waals surface area contributed by atoms with Crippen LogP contribution in [-0.4, -0.2) is 15.0 Å². The Balaban J connectivity index is 1.79. The van der Waals surface area contributed by atoms with Crippen LogP contribution in [0, 0.1) is 0 Å². The minimum atomic E-state index is 0.678. The lowest BCUT2D eigenvalue weighted by Gasteiger charge is -1.91. The number of rotatable bonds is 3. The van der Waals surface area contributed by atoms with Gasteiger partial charge in [-0.25, -0.2) is 9.97 Å². The second kappa shape index (κ2) is 4.02. The molecule has 3 aromatic rings. The zero-order valence-corrected chi connectivity index (χ0v) is 9.20. The molecule has 0 saturated heterocycles. The van der Waals surface area contributed by atoms with E-state index in [1.54, 1.807) is 6.20 Å². The minimum absolute atomic E-state index is 0.678. The molecule has 0 spiro atoms. The van der Waals surface area contributed by atoms with Crippen molar-refractivity contribution in [2.24, 2.45) is 0 Å². The summed E-state index contributed by atoms with van der Waals surface area (Å²) in [6.45, 7) is 0. The van der Waals surface area contributed by atoms with E-state index < -0.39 is 0 Å². The first-order valence-electron chi connectivity index (χ1n) is 4.88. The highest BCUT2D eigenvalue weighted by Crippen LogP contribution is 2.24. The maximum Gasteiger partial charge on any atom is 0.257 e. The summed E-state index contributed by atoms with van der Waals surface area (Å²) < 4.78 is 5.58. The van der Waals surface area contributed by atoms with Gasteiger partial charge in [0.2, 0.25) is 0 Å². The number of H-pyrrole nitrogens is 1. The molecule has 1 N–H and O–H groups in total. The molecular formula is C11H9N3OS. The summed E-state index contributed by atoms with van der Waals surface area (Å²) in [5.41, 5.74) is 1.72. The lowest BCUT2D eigenvalue weighted by molar-refractivity contribution is 0.489. The second-order valence-electron chi connectivity index (χ2n) is 3.27. The summed E-state index contributed by atoms with van der Waals surface area (Å²) >= 11 is 1.53. The highest BCUT2D eigenvalue weighted by Gasteiger charge is 2.06. The van der Waals surface area contributed by atoms with E-state index in [0.29, 0.717) is 5.22 Å². The van der Waals surface area contributed by atoms with Crippen LogP contribution in [0.4, 0.5) is 0 Å². The van der Waals surface area contributed by atoms with Crippen LogP contribution in [0.25, 0.3) is 11.1 Å². The third-order valence-corrected chi connectivity index (χ3v) is 3.00. The summed E-state index contributed by atoms with van der Waals surface area (Å²) in [6, 6.07) is 7.75. The zero-order valence-electron chi connectivity index (χ0n) is 8.38. The molecule has 0 amide bonds. The second-order valence-corrected chi connectivity index (χ2v) is 4.20. The lowest BCUT2D eigenvalue weighted by Crippen LogP contribution is -1.82. The highest BCUT2D eigenvalue weighted by molar-refractivity contribution is 7.98. The van der Waals surface area contributed by atoms with Gasteiger partial charge < -0.3 is 9.40 Å². The van der Waals surface area contributed by atoms with E-state index in [2.05, 4.69) is 15.0 Å². The van der Waals surface area contributed by atoms with Gasteiger partial charge in [-0.05, 0) is 12.1 Å². The molecule has 0 bridgehead atoms. The van der Waals surface area contributed by atoms with Crippen LogP contribution >= 0.6 is 11.8 Å². The third kappa shape index (κ3) is 1.81. The maximum atomic E-state index is 5.58. The largest absolute Gasteiger partial charge is 0.431 e. The molecule has 0 aliphatic rings. The molecule has 4 nitrogen and oxygen atoms in total. The van der Waals surface area contributed by atoms with Crippen molar-refractivity contribution >= 4 is 22.9 Å². The average molecular weight is 231 g/mol. The molecule has 1 aromatic carbocycles. The Morgan fingerprint density at radius 2 is 2.25 bits per heavy atom. The number of hydrogen-bond acceptors (Lipinski definition) is 4. The van der Waals surface area contributed by atoms with Crippen LogP contribution in [0.15, 0.2) is 46.3 Å². The van der Waals surface area contributed by atoms with Gasteiger partial charge in [-0.2, -0.15) is 0 Å². The number of nitrogens with one attached hydrogen (secondary N) is 1. The first-order chi connectivity index (χ1) is 7.92. The molecule has 80 valence electrons. The number of nitrogens with zero attached hydrogens (tertiary/aromatic N) is 2. The fourth-order valence-corrected chi connectivity index (χ4v) is 2.15. The lowest BCUT2D eigenvalue weighted by atomic mass is 10.3. The van der Waals surface area contributed by atoms with Gasteiger partial charge in [0.05, 0.1) is 5.75 Å². The Hall–Kier alpha value is -1.75. The van der Waals surface area contributed by atoms with Crippen LogP contribution in [0.2, 0.25) is 0 Å². The van der Waals surface area contributed by atoms with Crippen molar-refractivity contribution in [2.75, 3.05) is 0 Å². The Bertz CT molecular complexity index is 555. The number of thioether (sulfide) groups is 1. The molecule has 0 saturated carbocycles. The molecular weight excluding hydrogens is 222 g/mol. The van der Waals surface area contributed by atoms with Crippen molar-refractivity contribution in [2.45, 2.75) is 11.0 Å². The number of aromatic nitrogens is 3. The van der Waals surface area contributed by atoms with E-state index in [1.165, 1.54) is 11.8 Å². The van der Waals surface area contributed by atoms with Gasteiger partial charge in [-0.15, -0.1) is 0 Å². The number of benzene rings is 1. The van der Waals surface area contributed by atoms with Gasteiger partial charge in [-0.1, -0.05) is 23.9 Å². The summed E-state index contributed by atoms with van der Waals surface area (Å²) in [4.78, 5) is 11.5. The number of hydrogen-bond donors (Lipinski definition) is 1. The molecule has 3 rings (SSSR count).